The van der Waals surface area contributed by atoms with Crippen LogP contribution in [0.4, 0.5) is 0 Å². The van der Waals surface area contributed by atoms with Gasteiger partial charge in [-0.05, 0) is 40.1 Å². The van der Waals surface area contributed by atoms with Gasteiger partial charge >= 0.3 is 0 Å². The highest BCUT2D eigenvalue weighted by molar-refractivity contribution is 9.10. The lowest BCUT2D eigenvalue weighted by Crippen LogP contribution is -2.47. The highest BCUT2D eigenvalue weighted by Gasteiger charge is 2.45. The van der Waals surface area contributed by atoms with Crippen LogP contribution in [0.25, 0.3) is 0 Å². The van der Waals surface area contributed by atoms with Crippen LogP contribution in [0.15, 0.2) is 22.7 Å². The molecule has 0 spiro atoms. The Kier molecular flexibility index (Phi) is 5.27. The van der Waals surface area contributed by atoms with Crippen molar-refractivity contribution in [2.45, 2.75) is 83.0 Å². The van der Waals surface area contributed by atoms with Crippen molar-refractivity contribution in [1.29, 1.82) is 0 Å². The molecule has 0 fully saturated rings. The normalized spacial score (nSPS) is 23.0. The van der Waals surface area contributed by atoms with Crippen LogP contribution >= 0.6 is 15.9 Å². The number of fused-ring (bicyclic) bond motifs is 1. The first kappa shape index (κ1) is 19.2. The Morgan fingerprint density at radius 3 is 2.35 bits per heavy atom. The minimum atomic E-state index is -0.733. The summed E-state index contributed by atoms with van der Waals surface area (Å²) in [5.41, 5.74) is 3.12. The molecule has 0 radical (unpaired) electrons. The molecule has 1 unspecified atom stereocenters. The van der Waals surface area contributed by atoms with E-state index in [1.165, 1.54) is 15.6 Å². The SMILES string of the molecule is C[SiH](C)C(C)(C)COC1CC(C)(C)c2cc(Br)ccc2C1(C)C. The van der Waals surface area contributed by atoms with Crippen LogP contribution < -0.4 is 0 Å². The van der Waals surface area contributed by atoms with Crippen LogP contribution in [-0.2, 0) is 15.6 Å². The van der Waals surface area contributed by atoms with Gasteiger partial charge < -0.3 is 4.74 Å². The Bertz CT molecular complexity index is 575. The third kappa shape index (κ3) is 3.77. The number of ether oxygens (including phenoxy) is 1. The molecule has 3 heteroatoms. The van der Waals surface area contributed by atoms with Crippen LogP contribution in [0.3, 0.4) is 0 Å². The molecule has 0 N–H and O–H groups in total. The molecular formula is C20H33BrOSi. The Balaban J connectivity index is 2.32. The second-order valence-electron chi connectivity index (χ2n) is 9.44. The maximum Gasteiger partial charge on any atom is 0.0674 e. The molecule has 23 heavy (non-hydrogen) atoms. The second kappa shape index (κ2) is 6.31. The maximum absolute atomic E-state index is 6.57. The predicted molar refractivity (Wildman–Crippen MR) is 107 cm³/mol. The summed E-state index contributed by atoms with van der Waals surface area (Å²) in [6.07, 6.45) is 1.36. The lowest BCUT2D eigenvalue weighted by molar-refractivity contribution is -0.0281. The summed E-state index contributed by atoms with van der Waals surface area (Å²) in [4.78, 5) is 0. The summed E-state index contributed by atoms with van der Waals surface area (Å²) in [6, 6.07) is 6.77. The zero-order chi connectivity index (χ0) is 17.6. The fourth-order valence-corrected chi connectivity index (χ4v) is 4.18. The van der Waals surface area contributed by atoms with Gasteiger partial charge in [0.2, 0.25) is 0 Å². The molecule has 0 saturated heterocycles. The van der Waals surface area contributed by atoms with E-state index in [0.717, 1.165) is 13.0 Å². The third-order valence-corrected chi connectivity index (χ3v) is 9.91. The first-order valence-electron chi connectivity index (χ1n) is 8.80. The first-order valence-corrected chi connectivity index (χ1v) is 12.5. The topological polar surface area (TPSA) is 9.23 Å². The predicted octanol–water partition coefficient (Wildman–Crippen LogP) is 6.06. The molecule has 0 aliphatic heterocycles. The average molecular weight is 397 g/mol. The van der Waals surface area contributed by atoms with Crippen LogP contribution in [-0.4, -0.2) is 21.5 Å². The third-order valence-electron chi connectivity index (χ3n) is 6.13. The minimum Gasteiger partial charge on any atom is -0.377 e. The summed E-state index contributed by atoms with van der Waals surface area (Å²) in [7, 11) is -0.733. The molecular weight excluding hydrogens is 364 g/mol. The molecule has 130 valence electrons. The van der Waals surface area contributed by atoms with E-state index < -0.39 is 8.80 Å². The van der Waals surface area contributed by atoms with E-state index in [2.05, 4.69) is 88.8 Å². The van der Waals surface area contributed by atoms with E-state index in [1.807, 2.05) is 0 Å². The van der Waals surface area contributed by atoms with Crippen molar-refractivity contribution < 1.29 is 4.74 Å². The molecule has 1 nitrogen and oxygen atoms in total. The van der Waals surface area contributed by atoms with E-state index in [4.69, 9.17) is 4.74 Å². The minimum absolute atomic E-state index is 0.0557. The number of hydrogen-bond donors (Lipinski definition) is 0. The molecule has 0 heterocycles. The Labute approximate surface area is 152 Å². The van der Waals surface area contributed by atoms with Crippen molar-refractivity contribution in [1.82, 2.24) is 0 Å². The van der Waals surface area contributed by atoms with Gasteiger partial charge in [0, 0.05) is 25.3 Å². The molecule has 2 rings (SSSR count). The summed E-state index contributed by atoms with van der Waals surface area (Å²) in [5, 5.41) is 0.347. The van der Waals surface area contributed by atoms with E-state index in [-0.39, 0.29) is 16.9 Å². The van der Waals surface area contributed by atoms with Crippen molar-refractivity contribution in [2.75, 3.05) is 6.61 Å². The van der Waals surface area contributed by atoms with Gasteiger partial charge in [-0.1, -0.05) is 76.6 Å². The van der Waals surface area contributed by atoms with Crippen molar-refractivity contribution >= 4 is 24.7 Å². The van der Waals surface area contributed by atoms with Gasteiger partial charge in [-0.15, -0.1) is 0 Å². The number of hydrogen-bond acceptors (Lipinski definition) is 1. The Morgan fingerprint density at radius 1 is 1.17 bits per heavy atom. The highest BCUT2D eigenvalue weighted by atomic mass is 79.9. The lowest BCUT2D eigenvalue weighted by Gasteiger charge is -2.48. The van der Waals surface area contributed by atoms with Gasteiger partial charge in [-0.25, -0.2) is 0 Å². The van der Waals surface area contributed by atoms with Crippen LogP contribution in [0.5, 0.6) is 0 Å². The molecule has 1 aliphatic rings. The molecule has 0 bridgehead atoms. The summed E-state index contributed by atoms with van der Waals surface area (Å²) in [6.45, 7) is 19.9. The Hall–Kier alpha value is -0.123. The molecule has 1 aliphatic carbocycles. The second-order valence-corrected chi connectivity index (χ2v) is 14.2. The van der Waals surface area contributed by atoms with Gasteiger partial charge in [0.1, 0.15) is 0 Å². The van der Waals surface area contributed by atoms with Crippen molar-refractivity contribution in [2.24, 2.45) is 0 Å². The zero-order valence-corrected chi connectivity index (χ0v) is 18.8. The fourth-order valence-electron chi connectivity index (χ4n) is 3.39. The molecule has 1 atom stereocenters. The lowest BCUT2D eigenvalue weighted by atomic mass is 9.61. The quantitative estimate of drug-likeness (QED) is 0.561. The van der Waals surface area contributed by atoms with Crippen molar-refractivity contribution in [3.8, 4) is 0 Å². The van der Waals surface area contributed by atoms with Gasteiger partial charge in [0.15, 0.2) is 0 Å². The molecule has 0 saturated carbocycles. The highest BCUT2D eigenvalue weighted by Crippen LogP contribution is 2.48. The van der Waals surface area contributed by atoms with Gasteiger partial charge in [-0.3, -0.25) is 0 Å². The van der Waals surface area contributed by atoms with Crippen LogP contribution in [0.2, 0.25) is 18.1 Å². The monoisotopic (exact) mass is 396 g/mol. The van der Waals surface area contributed by atoms with Crippen molar-refractivity contribution in [3.63, 3.8) is 0 Å². The number of halogens is 1. The molecule has 0 aromatic heterocycles. The average Bonchev–Trinajstić information content (AvgIpc) is 2.41. The van der Waals surface area contributed by atoms with E-state index in [0.29, 0.717) is 5.04 Å². The zero-order valence-electron chi connectivity index (χ0n) is 16.1. The number of benzene rings is 1. The van der Waals surface area contributed by atoms with Crippen LogP contribution in [0, 0.1) is 0 Å². The fraction of sp³-hybridized carbons (Fsp3) is 0.700. The van der Waals surface area contributed by atoms with Gasteiger partial charge in [0.25, 0.3) is 0 Å². The summed E-state index contributed by atoms with van der Waals surface area (Å²) < 4.78 is 7.74. The van der Waals surface area contributed by atoms with Gasteiger partial charge in [-0.2, -0.15) is 0 Å². The maximum atomic E-state index is 6.57. The largest absolute Gasteiger partial charge is 0.377 e. The van der Waals surface area contributed by atoms with E-state index >= 15 is 0 Å². The van der Waals surface area contributed by atoms with Gasteiger partial charge in [0.05, 0.1) is 6.10 Å². The molecule has 1 aromatic rings. The number of rotatable bonds is 4. The van der Waals surface area contributed by atoms with Crippen LogP contribution in [0.1, 0.15) is 59.1 Å². The molecule has 1 aromatic carbocycles. The summed E-state index contributed by atoms with van der Waals surface area (Å²) in [5.74, 6) is 0. The first-order chi connectivity index (χ1) is 10.4. The smallest absolute Gasteiger partial charge is 0.0674 e. The Morgan fingerprint density at radius 2 is 1.78 bits per heavy atom. The van der Waals surface area contributed by atoms with E-state index in [9.17, 15) is 0 Å². The standard InChI is InChI=1S/C20H33BrOSi/c1-18(2)12-17(22-13-19(3,4)23(7)8)20(5,6)15-10-9-14(21)11-16(15)18/h9-11,17,23H,12-13H2,1-8H3. The van der Waals surface area contributed by atoms with E-state index in [1.54, 1.807) is 0 Å². The summed E-state index contributed by atoms with van der Waals surface area (Å²) >= 11 is 3.64. The van der Waals surface area contributed by atoms with Crippen molar-refractivity contribution in [3.05, 3.63) is 33.8 Å². The molecule has 0 amide bonds.